The van der Waals surface area contributed by atoms with E-state index in [-0.39, 0.29) is 12.1 Å². The van der Waals surface area contributed by atoms with Crippen LogP contribution in [0.2, 0.25) is 10.0 Å². The second-order valence-electron chi connectivity index (χ2n) is 5.90. The summed E-state index contributed by atoms with van der Waals surface area (Å²) in [6, 6.07) is 2.19. The zero-order chi connectivity index (χ0) is 23.0. The first-order valence-corrected chi connectivity index (χ1v) is 8.42. The fourth-order valence-electron chi connectivity index (χ4n) is 2.49. The maximum Gasteiger partial charge on any atom is 0.417 e. The Labute approximate surface area is 173 Å². The molecule has 0 unspecified atom stereocenters. The van der Waals surface area contributed by atoms with E-state index in [1.165, 1.54) is 0 Å². The summed E-state index contributed by atoms with van der Waals surface area (Å²) in [5.74, 6) is -7.62. The van der Waals surface area contributed by atoms with Gasteiger partial charge in [0, 0.05) is 5.56 Å². The minimum Gasteiger partial charge on any atom is -0.478 e. The Balaban J connectivity index is 2.62. The van der Waals surface area contributed by atoms with E-state index < -0.39 is 68.2 Å². The minimum absolute atomic E-state index is 0.0458. The molecule has 0 aliphatic carbocycles. The molecule has 0 fully saturated rings. The summed E-state index contributed by atoms with van der Waals surface area (Å²) in [5.41, 5.74) is -4.65. The second kappa shape index (κ2) is 8.43. The van der Waals surface area contributed by atoms with Crippen molar-refractivity contribution in [2.24, 2.45) is 0 Å². The van der Waals surface area contributed by atoms with Crippen molar-refractivity contribution < 1.29 is 45.0 Å². The van der Waals surface area contributed by atoms with E-state index >= 15 is 0 Å². The number of carboxylic acid groups (broad SMARTS) is 1. The van der Waals surface area contributed by atoms with Gasteiger partial charge in [0.15, 0.2) is 5.82 Å². The maximum absolute atomic E-state index is 14.5. The van der Waals surface area contributed by atoms with Crippen molar-refractivity contribution in [3.63, 3.8) is 0 Å². The van der Waals surface area contributed by atoms with Gasteiger partial charge in [-0.15, -0.1) is 0 Å². The molecule has 0 aromatic heterocycles. The summed E-state index contributed by atoms with van der Waals surface area (Å²) in [5, 5.41) is 7.28. The molecule has 1 atom stereocenters. The van der Waals surface area contributed by atoms with Gasteiger partial charge in [-0.25, -0.2) is 13.6 Å². The predicted molar refractivity (Wildman–Crippen MR) is 92.7 cm³/mol. The van der Waals surface area contributed by atoms with Gasteiger partial charge in [-0.1, -0.05) is 29.3 Å². The lowest BCUT2D eigenvalue weighted by Gasteiger charge is -2.19. The van der Waals surface area contributed by atoms with Gasteiger partial charge in [-0.05, 0) is 35.9 Å². The first-order chi connectivity index (χ1) is 13.6. The largest absolute Gasteiger partial charge is 0.478 e. The highest BCUT2D eigenvalue weighted by Crippen LogP contribution is 2.41. The topological polar surface area (TPSA) is 37.3 Å². The molecule has 0 aliphatic rings. The molecule has 0 saturated heterocycles. The second-order valence-corrected chi connectivity index (χ2v) is 6.71. The third-order valence-corrected chi connectivity index (χ3v) is 4.41. The highest BCUT2D eigenvalue weighted by molar-refractivity contribution is 6.35. The highest BCUT2D eigenvalue weighted by atomic mass is 35.5. The van der Waals surface area contributed by atoms with Crippen LogP contribution < -0.4 is 0 Å². The average Bonchev–Trinajstić information content (AvgIpc) is 2.61. The van der Waals surface area contributed by atoms with E-state index in [2.05, 4.69) is 0 Å². The van der Waals surface area contributed by atoms with Crippen LogP contribution in [0.3, 0.4) is 0 Å². The molecule has 0 aliphatic heterocycles. The van der Waals surface area contributed by atoms with Gasteiger partial charge in [0.1, 0.15) is 11.7 Å². The van der Waals surface area contributed by atoms with Gasteiger partial charge >= 0.3 is 18.3 Å². The first-order valence-electron chi connectivity index (χ1n) is 7.66. The van der Waals surface area contributed by atoms with Gasteiger partial charge < -0.3 is 5.11 Å². The van der Waals surface area contributed by atoms with E-state index in [1.54, 1.807) is 0 Å². The zero-order valence-electron chi connectivity index (χ0n) is 14.2. The predicted octanol–water partition coefficient (Wildman–Crippen LogP) is 7.51. The molecule has 0 saturated carbocycles. The standard InChI is InChI=1S/C18H8Cl2F8O2/c19-12-4-8(5-13(20)15(12)22)10(17(23,24)25)6-14(21)7-1-2-9(16(29)30)11(3-7)18(26,27)28/h1-6,10H,(H,29,30)/b14-6-/t10-/m0/s1. The molecule has 0 heterocycles. The molecule has 0 amide bonds. The Kier molecular flexibility index (Phi) is 6.72. The van der Waals surface area contributed by atoms with Crippen molar-refractivity contribution in [2.45, 2.75) is 18.3 Å². The Bertz CT molecular complexity index is 989. The number of carbonyl (C=O) groups is 1. The summed E-state index contributed by atoms with van der Waals surface area (Å²) in [4.78, 5) is 10.9. The molecule has 0 bridgehead atoms. The van der Waals surface area contributed by atoms with Gasteiger partial charge in [0.2, 0.25) is 0 Å². The van der Waals surface area contributed by atoms with Crippen LogP contribution in [-0.2, 0) is 6.18 Å². The lowest BCUT2D eigenvalue weighted by molar-refractivity contribution is -0.140. The van der Waals surface area contributed by atoms with Crippen LogP contribution in [-0.4, -0.2) is 17.3 Å². The SMILES string of the molecule is O=C(O)c1ccc(/C(F)=C/[C@@H](c2cc(Cl)c(F)c(Cl)c2)C(F)(F)F)cc1C(F)(F)F. The molecule has 2 aromatic rings. The maximum atomic E-state index is 14.5. The van der Waals surface area contributed by atoms with E-state index in [9.17, 15) is 39.9 Å². The summed E-state index contributed by atoms with van der Waals surface area (Å²) in [7, 11) is 0. The van der Waals surface area contributed by atoms with Crippen molar-refractivity contribution in [1.82, 2.24) is 0 Å². The van der Waals surface area contributed by atoms with Crippen LogP contribution in [0.4, 0.5) is 35.1 Å². The Morgan fingerprint density at radius 2 is 1.53 bits per heavy atom. The van der Waals surface area contributed by atoms with Crippen LogP contribution in [0.5, 0.6) is 0 Å². The van der Waals surface area contributed by atoms with Crippen LogP contribution in [0, 0.1) is 5.82 Å². The molecule has 0 spiro atoms. The van der Waals surface area contributed by atoms with Gasteiger partial charge in [0.05, 0.1) is 21.2 Å². The number of hydrogen-bond acceptors (Lipinski definition) is 1. The first kappa shape index (κ1) is 23.9. The van der Waals surface area contributed by atoms with Crippen molar-refractivity contribution in [1.29, 1.82) is 0 Å². The van der Waals surface area contributed by atoms with Gasteiger partial charge in [0.25, 0.3) is 0 Å². The highest BCUT2D eigenvalue weighted by Gasteiger charge is 2.41. The molecule has 2 nitrogen and oxygen atoms in total. The van der Waals surface area contributed by atoms with Crippen molar-refractivity contribution in [3.8, 4) is 0 Å². The van der Waals surface area contributed by atoms with Gasteiger partial charge in [-0.2, -0.15) is 26.3 Å². The van der Waals surface area contributed by atoms with E-state index in [0.717, 1.165) is 0 Å². The van der Waals surface area contributed by atoms with Crippen LogP contribution in [0.15, 0.2) is 36.4 Å². The van der Waals surface area contributed by atoms with Crippen LogP contribution in [0.25, 0.3) is 5.83 Å². The fourth-order valence-corrected chi connectivity index (χ4v) is 2.99. The number of alkyl halides is 6. The van der Waals surface area contributed by atoms with Crippen LogP contribution >= 0.6 is 23.2 Å². The number of hydrogen-bond donors (Lipinski definition) is 1. The Hall–Kier alpha value is -2.33. The lowest BCUT2D eigenvalue weighted by atomic mass is 9.95. The summed E-state index contributed by atoms with van der Waals surface area (Å²) in [6.07, 6.45) is -10.4. The van der Waals surface area contributed by atoms with Gasteiger partial charge in [-0.3, -0.25) is 0 Å². The normalized spacial score (nSPS) is 14.0. The Morgan fingerprint density at radius 1 is 1.00 bits per heavy atom. The Morgan fingerprint density at radius 3 is 1.97 bits per heavy atom. The van der Waals surface area contributed by atoms with E-state index in [0.29, 0.717) is 24.3 Å². The monoisotopic (exact) mass is 478 g/mol. The summed E-state index contributed by atoms with van der Waals surface area (Å²) < 4.78 is 107. The number of halogens is 10. The zero-order valence-corrected chi connectivity index (χ0v) is 15.7. The molecule has 162 valence electrons. The molecule has 30 heavy (non-hydrogen) atoms. The molecule has 1 N–H and O–H groups in total. The van der Waals surface area contributed by atoms with E-state index in [4.69, 9.17) is 28.3 Å². The van der Waals surface area contributed by atoms with Crippen LogP contribution in [0.1, 0.15) is 33.0 Å². The molecule has 0 radical (unpaired) electrons. The molecule has 12 heteroatoms. The number of allylic oxidation sites excluding steroid dienone is 1. The quantitative estimate of drug-likeness (QED) is 0.364. The minimum atomic E-state index is -5.20. The third kappa shape index (κ3) is 5.23. The lowest BCUT2D eigenvalue weighted by Crippen LogP contribution is -2.19. The number of aromatic carboxylic acids is 1. The number of rotatable bonds is 4. The molecule has 2 rings (SSSR count). The summed E-state index contributed by atoms with van der Waals surface area (Å²) >= 11 is 10.9. The fraction of sp³-hybridized carbons (Fsp3) is 0.167. The van der Waals surface area contributed by atoms with E-state index in [1.807, 2.05) is 0 Å². The number of benzene rings is 2. The van der Waals surface area contributed by atoms with Crippen molar-refractivity contribution in [3.05, 3.63) is 74.5 Å². The average molecular weight is 479 g/mol. The summed E-state index contributed by atoms with van der Waals surface area (Å²) in [6.45, 7) is 0. The number of carboxylic acids is 1. The van der Waals surface area contributed by atoms with Crippen molar-refractivity contribution >= 4 is 35.0 Å². The molecule has 2 aromatic carbocycles. The van der Waals surface area contributed by atoms with Crippen molar-refractivity contribution in [2.75, 3.05) is 0 Å². The molecular formula is C18H8Cl2F8O2. The third-order valence-electron chi connectivity index (χ3n) is 3.86. The molecular weight excluding hydrogens is 471 g/mol. The smallest absolute Gasteiger partial charge is 0.417 e.